The third-order valence-corrected chi connectivity index (χ3v) is 2.47. The molecule has 1 aromatic rings. The quantitative estimate of drug-likeness (QED) is 0.590. The Labute approximate surface area is 90.8 Å². The lowest BCUT2D eigenvalue weighted by molar-refractivity contribution is 0.0991. The lowest BCUT2D eigenvalue weighted by atomic mass is 10.1. The number of hydrogen-bond donors (Lipinski definition) is 0. The Morgan fingerprint density at radius 2 is 2.21 bits per heavy atom. The summed E-state index contributed by atoms with van der Waals surface area (Å²) in [5, 5.41) is 0.434. The third kappa shape index (κ3) is 2.26. The van der Waals surface area contributed by atoms with Gasteiger partial charge in [-0.2, -0.15) is 0 Å². The molecule has 76 valence electrons. The third-order valence-electron chi connectivity index (χ3n) is 1.86. The van der Waals surface area contributed by atoms with Gasteiger partial charge in [0.15, 0.2) is 5.78 Å². The number of benzene rings is 1. The minimum absolute atomic E-state index is 0.0301. The molecule has 0 aliphatic carbocycles. The maximum absolute atomic E-state index is 11.8. The molecule has 2 unspecified atom stereocenters. The van der Waals surface area contributed by atoms with Crippen LogP contribution in [0.3, 0.4) is 0 Å². The zero-order valence-corrected chi connectivity index (χ0v) is 9.99. The van der Waals surface area contributed by atoms with E-state index in [1.165, 1.54) is 7.11 Å². The second kappa shape index (κ2) is 4.77. The first-order valence-corrected chi connectivity index (χ1v) is 5.24. The van der Waals surface area contributed by atoms with Gasteiger partial charge in [0.25, 0.3) is 0 Å². The number of carbonyl (C=O) groups excluding carboxylic acids is 1. The van der Waals surface area contributed by atoms with E-state index < -0.39 is 0 Å². The van der Waals surface area contributed by atoms with E-state index in [1.807, 2.05) is 0 Å². The molecule has 0 spiro atoms. The molecule has 0 aromatic heterocycles. The van der Waals surface area contributed by atoms with Crippen molar-refractivity contribution in [3.63, 3.8) is 0 Å². The Bertz CT molecular complexity index is 350. The van der Waals surface area contributed by atoms with Crippen molar-refractivity contribution in [2.24, 2.45) is 0 Å². The van der Waals surface area contributed by atoms with E-state index in [1.54, 1.807) is 25.1 Å². The summed E-state index contributed by atoms with van der Waals surface area (Å²) in [5.74, 6) is 0.495. The highest BCUT2D eigenvalue weighted by molar-refractivity contribution is 7.19. The fourth-order valence-corrected chi connectivity index (χ4v) is 1.57. The summed E-state index contributed by atoms with van der Waals surface area (Å²) in [7, 11) is 3.97. The van der Waals surface area contributed by atoms with Crippen LogP contribution in [-0.4, -0.2) is 18.6 Å². The molecular formula is C10H12ClO2P. The number of rotatable bonds is 3. The number of ether oxygens (including phenoxy) is 1. The van der Waals surface area contributed by atoms with E-state index in [2.05, 4.69) is 9.24 Å². The maximum atomic E-state index is 11.8. The summed E-state index contributed by atoms with van der Waals surface area (Å²) in [5.41, 5.74) is 0.294. The average molecular weight is 231 g/mol. The number of halogens is 1. The molecule has 1 aromatic carbocycles. The van der Waals surface area contributed by atoms with Crippen molar-refractivity contribution >= 4 is 26.6 Å². The molecule has 0 saturated heterocycles. The normalized spacial score (nSPS) is 12.3. The van der Waals surface area contributed by atoms with Gasteiger partial charge in [0.05, 0.1) is 17.7 Å². The molecule has 0 heterocycles. The van der Waals surface area contributed by atoms with Gasteiger partial charge in [0.1, 0.15) is 5.75 Å². The molecule has 4 heteroatoms. The van der Waals surface area contributed by atoms with Crippen LogP contribution in [0.25, 0.3) is 0 Å². The zero-order chi connectivity index (χ0) is 10.7. The zero-order valence-electron chi connectivity index (χ0n) is 8.08. The first-order chi connectivity index (χ1) is 6.57. The van der Waals surface area contributed by atoms with Crippen molar-refractivity contribution in [3.05, 3.63) is 28.8 Å². The molecule has 0 amide bonds. The van der Waals surface area contributed by atoms with Crippen molar-refractivity contribution < 1.29 is 9.53 Å². The molecular weight excluding hydrogens is 219 g/mol. The van der Waals surface area contributed by atoms with Gasteiger partial charge in [-0.05, 0) is 12.1 Å². The van der Waals surface area contributed by atoms with Gasteiger partial charge >= 0.3 is 0 Å². The van der Waals surface area contributed by atoms with E-state index in [0.717, 1.165) is 0 Å². The Morgan fingerprint density at radius 3 is 2.71 bits per heavy atom. The van der Waals surface area contributed by atoms with E-state index >= 15 is 0 Å². The molecule has 1 rings (SSSR count). The Hall–Kier alpha value is -0.590. The number of hydrogen-bond acceptors (Lipinski definition) is 2. The molecule has 2 nitrogen and oxygen atoms in total. The van der Waals surface area contributed by atoms with Crippen LogP contribution in [0.15, 0.2) is 18.2 Å². The summed E-state index contributed by atoms with van der Waals surface area (Å²) in [6.45, 7) is 1.80. The topological polar surface area (TPSA) is 26.3 Å². The predicted molar refractivity (Wildman–Crippen MR) is 61.5 cm³/mol. The van der Waals surface area contributed by atoms with Gasteiger partial charge in [-0.25, -0.2) is 0 Å². The Morgan fingerprint density at radius 1 is 1.57 bits per heavy atom. The number of ketones is 1. The molecule has 0 radical (unpaired) electrons. The molecule has 2 atom stereocenters. The van der Waals surface area contributed by atoms with Crippen LogP contribution < -0.4 is 4.74 Å². The van der Waals surface area contributed by atoms with Crippen LogP contribution >= 0.6 is 20.8 Å². The molecule has 0 aliphatic rings. The van der Waals surface area contributed by atoms with E-state index in [-0.39, 0.29) is 11.4 Å². The van der Waals surface area contributed by atoms with Gasteiger partial charge < -0.3 is 4.74 Å². The number of Topliss-reactive ketones (excluding diaryl/α,β-unsaturated/α-hetero) is 1. The van der Waals surface area contributed by atoms with Crippen molar-refractivity contribution in [2.75, 3.05) is 7.11 Å². The first-order valence-electron chi connectivity index (χ1n) is 4.20. The summed E-state index contributed by atoms with van der Waals surface area (Å²) in [4.78, 5) is 11.8. The van der Waals surface area contributed by atoms with Gasteiger partial charge in [-0.3, -0.25) is 4.79 Å². The highest BCUT2D eigenvalue weighted by atomic mass is 35.5. The van der Waals surface area contributed by atoms with E-state index in [9.17, 15) is 4.79 Å². The van der Waals surface area contributed by atoms with Crippen molar-refractivity contribution in [3.8, 4) is 5.75 Å². The summed E-state index contributed by atoms with van der Waals surface area (Å²) in [6.07, 6.45) is 0. The average Bonchev–Trinajstić information content (AvgIpc) is 2.16. The van der Waals surface area contributed by atoms with Crippen molar-refractivity contribution in [2.45, 2.75) is 12.6 Å². The Balaban J connectivity index is 3.23. The smallest absolute Gasteiger partial charge is 0.174 e. The molecule has 14 heavy (non-hydrogen) atoms. The molecule has 0 saturated carbocycles. The van der Waals surface area contributed by atoms with Crippen LogP contribution in [0.1, 0.15) is 17.3 Å². The lowest BCUT2D eigenvalue weighted by Gasteiger charge is -2.10. The number of methoxy groups -OCH3 is 1. The maximum Gasteiger partial charge on any atom is 0.174 e. The van der Waals surface area contributed by atoms with Crippen LogP contribution in [0, 0.1) is 0 Å². The van der Waals surface area contributed by atoms with Crippen LogP contribution in [0.5, 0.6) is 5.75 Å². The van der Waals surface area contributed by atoms with Crippen LogP contribution in [0.4, 0.5) is 0 Å². The minimum atomic E-state index is -0.163. The summed E-state index contributed by atoms with van der Waals surface area (Å²) in [6, 6.07) is 5.17. The predicted octanol–water partition coefficient (Wildman–Crippen LogP) is 2.79. The summed E-state index contributed by atoms with van der Waals surface area (Å²) >= 11 is 5.94. The fraction of sp³-hybridized carbons (Fsp3) is 0.300. The second-order valence-electron chi connectivity index (χ2n) is 2.97. The van der Waals surface area contributed by atoms with Gasteiger partial charge in [-0.1, -0.05) is 24.6 Å². The highest BCUT2D eigenvalue weighted by Crippen LogP contribution is 2.28. The van der Waals surface area contributed by atoms with Crippen molar-refractivity contribution in [1.29, 1.82) is 0 Å². The standard InChI is InChI=1S/C10H12ClO2P/c1-6(14)10(12)9-7(11)4-3-5-8(9)13-2/h3-6H,14H2,1-2H3. The van der Waals surface area contributed by atoms with Crippen LogP contribution in [-0.2, 0) is 0 Å². The van der Waals surface area contributed by atoms with Gasteiger partial charge in [0, 0.05) is 5.66 Å². The van der Waals surface area contributed by atoms with E-state index in [4.69, 9.17) is 16.3 Å². The highest BCUT2D eigenvalue weighted by Gasteiger charge is 2.18. The number of carbonyl (C=O) groups is 1. The minimum Gasteiger partial charge on any atom is -0.496 e. The first kappa shape index (κ1) is 11.5. The molecule has 0 bridgehead atoms. The second-order valence-corrected chi connectivity index (χ2v) is 4.38. The fourth-order valence-electron chi connectivity index (χ4n) is 1.14. The Kier molecular flexibility index (Phi) is 3.91. The van der Waals surface area contributed by atoms with Gasteiger partial charge in [-0.15, -0.1) is 9.24 Å². The molecule has 0 N–H and O–H groups in total. The monoisotopic (exact) mass is 230 g/mol. The van der Waals surface area contributed by atoms with Gasteiger partial charge in [0.2, 0.25) is 0 Å². The SMILES string of the molecule is COc1cccc(Cl)c1C(=O)C(C)P. The van der Waals surface area contributed by atoms with Crippen LogP contribution in [0.2, 0.25) is 5.02 Å². The lowest BCUT2D eigenvalue weighted by Crippen LogP contribution is -2.12. The summed E-state index contributed by atoms with van der Waals surface area (Å²) < 4.78 is 5.08. The molecule has 0 aliphatic heterocycles. The molecule has 0 fully saturated rings. The van der Waals surface area contributed by atoms with Crippen molar-refractivity contribution in [1.82, 2.24) is 0 Å². The van der Waals surface area contributed by atoms with E-state index in [0.29, 0.717) is 16.3 Å². The largest absolute Gasteiger partial charge is 0.496 e.